The molecule has 10 nitrogen and oxygen atoms in total. The second-order valence-corrected chi connectivity index (χ2v) is 13.8. The number of carbonyl (C=O) groups excluding carboxylic acids is 2. The second-order valence-electron chi connectivity index (χ2n) is 13.8. The minimum Gasteiger partial charge on any atom is -0.444 e. The Bertz CT molecular complexity index is 1200. The summed E-state index contributed by atoms with van der Waals surface area (Å²) in [6, 6.07) is -0.838. The zero-order valence-electron chi connectivity index (χ0n) is 25.8. The van der Waals surface area contributed by atoms with Gasteiger partial charge in [-0.25, -0.2) is 19.6 Å². The van der Waals surface area contributed by atoms with Gasteiger partial charge in [-0.15, -0.1) is 0 Å². The van der Waals surface area contributed by atoms with E-state index in [2.05, 4.69) is 54.3 Å². The molecular weight excluding hydrogens is 508 g/mol. The zero-order valence-corrected chi connectivity index (χ0v) is 25.8. The van der Waals surface area contributed by atoms with Crippen LogP contribution in [0.25, 0.3) is 0 Å². The van der Waals surface area contributed by atoms with Crippen LogP contribution in [-0.4, -0.2) is 43.3 Å². The Kier molecular flexibility index (Phi) is 9.75. The van der Waals surface area contributed by atoms with Crippen LogP contribution in [0.2, 0.25) is 0 Å². The summed E-state index contributed by atoms with van der Waals surface area (Å²) in [7, 11) is 0. The van der Waals surface area contributed by atoms with Gasteiger partial charge in [0.25, 0.3) is 0 Å². The van der Waals surface area contributed by atoms with Crippen LogP contribution in [0.15, 0.2) is 12.4 Å². The van der Waals surface area contributed by atoms with Crippen LogP contribution in [0.5, 0.6) is 0 Å². The standard InChI is InChI=1S/C30H44N6O4/c1-27(2,3)21(35-25(37)39-29(7,8)9)23-31-17-19(33-23)15-13-14-16-20-18-32-24(34-20)22(28(4,5)6)36-26(38)40-30(10,11)12/h17-18,21-22H,1-12H3,(H,31,33)(H,32,34)(H,35,37)(H,36,38)/t21-,22-/m1/s1. The highest BCUT2D eigenvalue weighted by Crippen LogP contribution is 2.32. The summed E-state index contributed by atoms with van der Waals surface area (Å²) >= 11 is 0. The molecule has 0 unspecified atom stereocenters. The topological polar surface area (TPSA) is 134 Å². The molecule has 218 valence electrons. The first-order valence-electron chi connectivity index (χ1n) is 13.2. The number of amides is 2. The average Bonchev–Trinajstić information content (AvgIpc) is 3.39. The minimum atomic E-state index is -0.608. The average molecular weight is 553 g/mol. The van der Waals surface area contributed by atoms with Gasteiger partial charge in [0.1, 0.15) is 34.2 Å². The highest BCUT2D eigenvalue weighted by atomic mass is 16.6. The van der Waals surface area contributed by atoms with Crippen LogP contribution in [-0.2, 0) is 9.47 Å². The lowest BCUT2D eigenvalue weighted by molar-refractivity contribution is 0.0448. The normalized spacial score (nSPS) is 13.6. The highest BCUT2D eigenvalue weighted by Gasteiger charge is 2.33. The number of H-pyrrole nitrogens is 2. The summed E-state index contributed by atoms with van der Waals surface area (Å²) in [6.07, 6.45) is 2.17. The quantitative estimate of drug-likeness (QED) is 0.356. The van der Waals surface area contributed by atoms with E-state index in [1.165, 1.54) is 0 Å². The number of ether oxygens (including phenoxy) is 2. The molecule has 0 aromatic carbocycles. The maximum atomic E-state index is 12.4. The minimum absolute atomic E-state index is 0.332. The molecule has 0 aliphatic rings. The second kappa shape index (κ2) is 12.1. The molecule has 2 aromatic heterocycles. The van der Waals surface area contributed by atoms with E-state index in [1.807, 2.05) is 83.1 Å². The third-order valence-electron chi connectivity index (χ3n) is 5.25. The monoisotopic (exact) mass is 552 g/mol. The van der Waals surface area contributed by atoms with E-state index in [1.54, 1.807) is 12.4 Å². The molecule has 2 heterocycles. The number of imidazole rings is 2. The fraction of sp³-hybridized carbons (Fsp3) is 0.600. The summed E-state index contributed by atoms with van der Waals surface area (Å²) in [5, 5.41) is 5.80. The first-order valence-corrected chi connectivity index (χ1v) is 13.2. The molecule has 40 heavy (non-hydrogen) atoms. The van der Waals surface area contributed by atoms with Crippen molar-refractivity contribution in [3.8, 4) is 23.7 Å². The van der Waals surface area contributed by atoms with E-state index in [0.29, 0.717) is 23.0 Å². The predicted molar refractivity (Wildman–Crippen MR) is 154 cm³/mol. The summed E-state index contributed by atoms with van der Waals surface area (Å²) in [4.78, 5) is 40.0. The van der Waals surface area contributed by atoms with Crippen molar-refractivity contribution in [2.45, 2.75) is 106 Å². The number of aromatic amines is 2. The Morgan fingerprint density at radius 2 is 1.00 bits per heavy atom. The molecular formula is C30H44N6O4. The molecule has 0 saturated heterocycles. The smallest absolute Gasteiger partial charge is 0.408 e. The fourth-order valence-electron chi connectivity index (χ4n) is 3.53. The van der Waals surface area contributed by atoms with E-state index in [-0.39, 0.29) is 10.8 Å². The van der Waals surface area contributed by atoms with Gasteiger partial charge in [0.05, 0.1) is 24.5 Å². The third-order valence-corrected chi connectivity index (χ3v) is 5.25. The SMILES string of the molecule is CC(C)(C)OC(=O)N[C@H](c1ncc(C#CC#Cc2cnc([C@@H](NC(=O)OC(C)(C)C)C(C)(C)C)[nH]2)[nH]1)C(C)(C)C. The number of aromatic nitrogens is 4. The molecule has 2 amide bonds. The van der Waals surface area contributed by atoms with Crippen LogP contribution >= 0.6 is 0 Å². The highest BCUT2D eigenvalue weighted by molar-refractivity contribution is 5.68. The van der Waals surface area contributed by atoms with Crippen molar-refractivity contribution >= 4 is 12.2 Å². The summed E-state index contributed by atoms with van der Waals surface area (Å²) in [6.45, 7) is 22.9. The van der Waals surface area contributed by atoms with Crippen LogP contribution in [0.4, 0.5) is 9.59 Å². The molecule has 0 aliphatic carbocycles. The number of nitrogens with zero attached hydrogens (tertiary/aromatic N) is 2. The molecule has 0 radical (unpaired) electrons. The lowest BCUT2D eigenvalue weighted by Gasteiger charge is -2.31. The van der Waals surface area contributed by atoms with Gasteiger partial charge in [0.2, 0.25) is 0 Å². The van der Waals surface area contributed by atoms with Crippen molar-refractivity contribution in [1.82, 2.24) is 30.6 Å². The van der Waals surface area contributed by atoms with Crippen molar-refractivity contribution in [3.05, 3.63) is 35.4 Å². The first-order chi connectivity index (χ1) is 18.1. The van der Waals surface area contributed by atoms with Crippen LogP contribution in [0.1, 0.15) is 118 Å². The van der Waals surface area contributed by atoms with Crippen LogP contribution in [0.3, 0.4) is 0 Å². The lowest BCUT2D eigenvalue weighted by Crippen LogP contribution is -2.40. The summed E-state index contributed by atoms with van der Waals surface area (Å²) in [5.74, 6) is 12.6. The molecule has 0 bridgehead atoms. The predicted octanol–water partition coefficient (Wildman–Crippen LogP) is 5.76. The number of alkyl carbamates (subject to hydrolysis) is 2. The molecule has 4 N–H and O–H groups in total. The van der Waals surface area contributed by atoms with Crippen molar-refractivity contribution in [2.75, 3.05) is 0 Å². The van der Waals surface area contributed by atoms with Crippen LogP contribution in [0, 0.1) is 34.5 Å². The van der Waals surface area contributed by atoms with Crippen molar-refractivity contribution in [2.24, 2.45) is 10.8 Å². The molecule has 2 atom stereocenters. The van der Waals surface area contributed by atoms with Crippen molar-refractivity contribution in [1.29, 1.82) is 0 Å². The van der Waals surface area contributed by atoms with Gasteiger partial charge in [-0.3, -0.25) is 0 Å². The maximum Gasteiger partial charge on any atom is 0.408 e. The first kappa shape index (κ1) is 32.3. The largest absolute Gasteiger partial charge is 0.444 e. The molecule has 2 aromatic rings. The van der Waals surface area contributed by atoms with Gasteiger partial charge in [0, 0.05) is 0 Å². The molecule has 2 rings (SSSR count). The van der Waals surface area contributed by atoms with E-state index < -0.39 is 35.5 Å². The number of carbonyl (C=O) groups is 2. The van der Waals surface area contributed by atoms with Crippen molar-refractivity contribution in [3.63, 3.8) is 0 Å². The summed E-state index contributed by atoms with van der Waals surface area (Å²) < 4.78 is 10.8. The zero-order chi connectivity index (χ0) is 30.5. The Morgan fingerprint density at radius 3 is 1.27 bits per heavy atom. The maximum absolute atomic E-state index is 12.4. The lowest BCUT2D eigenvalue weighted by atomic mass is 9.86. The van der Waals surface area contributed by atoms with Gasteiger partial charge in [-0.1, -0.05) is 41.5 Å². The van der Waals surface area contributed by atoms with Crippen LogP contribution < -0.4 is 10.6 Å². The number of hydrogen-bond donors (Lipinski definition) is 4. The van der Waals surface area contributed by atoms with Gasteiger partial charge in [0.15, 0.2) is 0 Å². The molecule has 0 spiro atoms. The molecule has 0 saturated carbocycles. The Balaban J connectivity index is 2.16. The number of rotatable bonds is 4. The number of hydrogen-bond acceptors (Lipinski definition) is 6. The van der Waals surface area contributed by atoms with E-state index in [4.69, 9.17) is 9.47 Å². The van der Waals surface area contributed by atoms with Gasteiger partial charge < -0.3 is 30.1 Å². The van der Waals surface area contributed by atoms with Crippen molar-refractivity contribution < 1.29 is 19.1 Å². The van der Waals surface area contributed by atoms with Gasteiger partial charge in [-0.05, 0) is 76.1 Å². The molecule has 0 fully saturated rings. The van der Waals surface area contributed by atoms with Gasteiger partial charge in [-0.2, -0.15) is 0 Å². The third kappa shape index (κ3) is 10.7. The molecule has 0 aliphatic heterocycles. The number of nitrogens with one attached hydrogen (secondary N) is 4. The van der Waals surface area contributed by atoms with E-state index in [0.717, 1.165) is 0 Å². The fourth-order valence-corrected chi connectivity index (χ4v) is 3.53. The van der Waals surface area contributed by atoms with E-state index in [9.17, 15) is 9.59 Å². The Hall–Kier alpha value is -3.92. The Labute approximate surface area is 238 Å². The van der Waals surface area contributed by atoms with Gasteiger partial charge >= 0.3 is 12.2 Å². The van der Waals surface area contributed by atoms with E-state index >= 15 is 0 Å². The molecule has 10 heteroatoms. The Morgan fingerprint density at radius 1 is 0.675 bits per heavy atom. The summed E-state index contributed by atoms with van der Waals surface area (Å²) in [5.41, 5.74) is -0.763.